The van der Waals surface area contributed by atoms with Crippen LogP contribution in [0.2, 0.25) is 5.02 Å². The fourth-order valence-electron chi connectivity index (χ4n) is 4.08. The maximum atomic E-state index is 12.4. The van der Waals surface area contributed by atoms with Crippen LogP contribution in [0.5, 0.6) is 0 Å². The first-order valence-corrected chi connectivity index (χ1v) is 10.2. The van der Waals surface area contributed by atoms with Gasteiger partial charge in [-0.15, -0.1) is 0 Å². The van der Waals surface area contributed by atoms with E-state index in [1.54, 1.807) is 0 Å². The van der Waals surface area contributed by atoms with E-state index in [4.69, 9.17) is 11.6 Å². The number of hydrogen-bond acceptors (Lipinski definition) is 3. The van der Waals surface area contributed by atoms with Gasteiger partial charge in [-0.2, -0.15) is 0 Å². The van der Waals surface area contributed by atoms with Crippen molar-refractivity contribution in [3.05, 3.63) is 59.1 Å². The highest BCUT2D eigenvalue weighted by Crippen LogP contribution is 2.27. The molecule has 0 saturated carbocycles. The number of halogens is 1. The number of amides is 1. The van der Waals surface area contributed by atoms with Crippen LogP contribution in [-0.2, 0) is 11.2 Å². The maximum Gasteiger partial charge on any atom is 0.227 e. The lowest BCUT2D eigenvalue weighted by molar-refractivity contribution is -0.118. The standard InChI is InChI=1S/C22H26ClN3O/c23-19-7-9-20(10-8-19)25-16-14-24(15-17-25)12-3-13-26-21-5-2-1-4-18(21)6-11-22(26)27/h1-2,4-5,7-10H,3,6,11-17H2. The number of anilines is 2. The largest absolute Gasteiger partial charge is 0.369 e. The third-order valence-electron chi connectivity index (χ3n) is 5.61. The Morgan fingerprint density at radius 3 is 2.37 bits per heavy atom. The predicted octanol–water partition coefficient (Wildman–Crippen LogP) is 3.83. The molecular weight excluding hydrogens is 358 g/mol. The van der Waals surface area contributed by atoms with E-state index in [2.05, 4.69) is 40.1 Å². The highest BCUT2D eigenvalue weighted by atomic mass is 35.5. The first kappa shape index (κ1) is 18.3. The van der Waals surface area contributed by atoms with Crippen LogP contribution in [0.1, 0.15) is 18.4 Å². The van der Waals surface area contributed by atoms with E-state index in [-0.39, 0.29) is 5.91 Å². The molecule has 0 aromatic heterocycles. The topological polar surface area (TPSA) is 26.8 Å². The lowest BCUT2D eigenvalue weighted by atomic mass is 10.0. The minimum absolute atomic E-state index is 0.265. The van der Waals surface area contributed by atoms with E-state index in [0.29, 0.717) is 6.42 Å². The molecule has 0 N–H and O–H groups in total. The minimum Gasteiger partial charge on any atom is -0.369 e. The highest BCUT2D eigenvalue weighted by molar-refractivity contribution is 6.30. The number of aryl methyl sites for hydroxylation is 1. The van der Waals surface area contributed by atoms with E-state index in [0.717, 1.165) is 62.8 Å². The van der Waals surface area contributed by atoms with Gasteiger partial charge in [0, 0.05) is 55.5 Å². The zero-order valence-electron chi connectivity index (χ0n) is 15.6. The Morgan fingerprint density at radius 1 is 0.852 bits per heavy atom. The summed E-state index contributed by atoms with van der Waals surface area (Å²) >= 11 is 5.98. The van der Waals surface area contributed by atoms with E-state index < -0.39 is 0 Å². The van der Waals surface area contributed by atoms with Crippen LogP contribution in [0, 0.1) is 0 Å². The molecule has 2 aliphatic rings. The van der Waals surface area contributed by atoms with Crippen molar-refractivity contribution in [2.45, 2.75) is 19.3 Å². The van der Waals surface area contributed by atoms with Crippen molar-refractivity contribution in [3.8, 4) is 0 Å². The minimum atomic E-state index is 0.265. The average molecular weight is 384 g/mol. The van der Waals surface area contributed by atoms with Gasteiger partial charge in [0.15, 0.2) is 0 Å². The molecule has 4 nitrogen and oxygen atoms in total. The maximum absolute atomic E-state index is 12.4. The molecular formula is C22H26ClN3O. The average Bonchev–Trinajstić information content (AvgIpc) is 2.71. The molecule has 4 rings (SSSR count). The van der Waals surface area contributed by atoms with E-state index in [1.807, 2.05) is 23.1 Å². The number of carbonyl (C=O) groups excluding carboxylic acids is 1. The van der Waals surface area contributed by atoms with Crippen molar-refractivity contribution in [2.75, 3.05) is 49.1 Å². The van der Waals surface area contributed by atoms with Crippen molar-refractivity contribution >= 4 is 28.9 Å². The summed E-state index contributed by atoms with van der Waals surface area (Å²) in [6.07, 6.45) is 2.52. The molecule has 0 atom stereocenters. The molecule has 0 bridgehead atoms. The fraction of sp³-hybridized carbons (Fsp3) is 0.409. The number of rotatable bonds is 5. The second kappa shape index (κ2) is 8.32. The van der Waals surface area contributed by atoms with Gasteiger partial charge in [-0.3, -0.25) is 9.69 Å². The number of fused-ring (bicyclic) bond motifs is 1. The van der Waals surface area contributed by atoms with E-state index >= 15 is 0 Å². The summed E-state index contributed by atoms with van der Waals surface area (Å²) in [6, 6.07) is 16.4. The van der Waals surface area contributed by atoms with E-state index in [9.17, 15) is 4.79 Å². The SMILES string of the molecule is O=C1CCc2ccccc2N1CCCN1CCN(c2ccc(Cl)cc2)CC1. The van der Waals surface area contributed by atoms with E-state index in [1.165, 1.54) is 11.3 Å². The number of benzene rings is 2. The Hall–Kier alpha value is -2.04. The zero-order chi connectivity index (χ0) is 18.6. The van der Waals surface area contributed by atoms with Crippen LogP contribution in [-0.4, -0.2) is 50.1 Å². The van der Waals surface area contributed by atoms with Gasteiger partial charge in [0.25, 0.3) is 0 Å². The quantitative estimate of drug-likeness (QED) is 0.785. The summed E-state index contributed by atoms with van der Waals surface area (Å²) in [5.74, 6) is 0.265. The van der Waals surface area contributed by atoms with Crippen molar-refractivity contribution in [1.82, 2.24) is 4.90 Å². The smallest absolute Gasteiger partial charge is 0.227 e. The van der Waals surface area contributed by atoms with Gasteiger partial charge in [0.2, 0.25) is 5.91 Å². The molecule has 0 spiro atoms. The molecule has 1 fully saturated rings. The lowest BCUT2D eigenvalue weighted by Gasteiger charge is -2.36. The molecule has 0 aliphatic carbocycles. The Balaban J connectivity index is 1.26. The van der Waals surface area contributed by atoms with Crippen LogP contribution >= 0.6 is 11.6 Å². The Kier molecular flexibility index (Phi) is 5.65. The van der Waals surface area contributed by atoms with Crippen LogP contribution in [0.25, 0.3) is 0 Å². The first-order valence-electron chi connectivity index (χ1n) is 9.82. The van der Waals surface area contributed by atoms with Crippen molar-refractivity contribution < 1.29 is 4.79 Å². The summed E-state index contributed by atoms with van der Waals surface area (Å²) < 4.78 is 0. The number of para-hydroxylation sites is 1. The van der Waals surface area contributed by atoms with Gasteiger partial charge in [-0.1, -0.05) is 29.8 Å². The zero-order valence-corrected chi connectivity index (χ0v) is 16.4. The molecule has 0 radical (unpaired) electrons. The van der Waals surface area contributed by atoms with Crippen molar-refractivity contribution in [3.63, 3.8) is 0 Å². The van der Waals surface area contributed by atoms with Gasteiger partial charge in [0.1, 0.15) is 0 Å². The molecule has 5 heteroatoms. The number of piperazine rings is 1. The summed E-state index contributed by atoms with van der Waals surface area (Å²) in [5.41, 5.74) is 3.66. The van der Waals surface area contributed by atoms with Crippen LogP contribution in [0.3, 0.4) is 0 Å². The van der Waals surface area contributed by atoms with Crippen LogP contribution in [0.4, 0.5) is 11.4 Å². The van der Waals surface area contributed by atoms with Crippen LogP contribution in [0.15, 0.2) is 48.5 Å². The second-order valence-corrected chi connectivity index (χ2v) is 7.77. The molecule has 142 valence electrons. The normalized spacial score (nSPS) is 17.9. The number of nitrogens with zero attached hydrogens (tertiary/aromatic N) is 3. The molecule has 27 heavy (non-hydrogen) atoms. The van der Waals surface area contributed by atoms with Crippen molar-refractivity contribution in [1.29, 1.82) is 0 Å². The van der Waals surface area contributed by atoms with Gasteiger partial charge < -0.3 is 9.80 Å². The molecule has 0 unspecified atom stereocenters. The fourth-order valence-corrected chi connectivity index (χ4v) is 4.20. The highest BCUT2D eigenvalue weighted by Gasteiger charge is 2.24. The molecule has 1 amide bonds. The van der Waals surface area contributed by atoms with Crippen molar-refractivity contribution in [2.24, 2.45) is 0 Å². The Labute approximate surface area is 166 Å². The Bertz CT molecular complexity index is 784. The number of hydrogen-bond donors (Lipinski definition) is 0. The van der Waals surface area contributed by atoms with Gasteiger partial charge in [0.05, 0.1) is 0 Å². The van der Waals surface area contributed by atoms with Crippen LogP contribution < -0.4 is 9.80 Å². The van der Waals surface area contributed by atoms with Gasteiger partial charge in [-0.25, -0.2) is 0 Å². The molecule has 2 heterocycles. The molecule has 2 aliphatic heterocycles. The third kappa shape index (κ3) is 4.28. The second-order valence-electron chi connectivity index (χ2n) is 7.33. The number of carbonyl (C=O) groups is 1. The summed E-state index contributed by atoms with van der Waals surface area (Å²) in [6.45, 7) is 6.05. The molecule has 2 aromatic rings. The summed E-state index contributed by atoms with van der Waals surface area (Å²) in [7, 11) is 0. The summed E-state index contributed by atoms with van der Waals surface area (Å²) in [4.78, 5) is 19.3. The molecule has 2 aromatic carbocycles. The van der Waals surface area contributed by atoms with Gasteiger partial charge in [-0.05, 0) is 55.3 Å². The lowest BCUT2D eigenvalue weighted by Crippen LogP contribution is -2.47. The molecule has 1 saturated heterocycles. The predicted molar refractivity (Wildman–Crippen MR) is 112 cm³/mol. The van der Waals surface area contributed by atoms with Gasteiger partial charge >= 0.3 is 0 Å². The first-order chi connectivity index (χ1) is 13.2. The monoisotopic (exact) mass is 383 g/mol. The Morgan fingerprint density at radius 2 is 1.59 bits per heavy atom. The summed E-state index contributed by atoms with van der Waals surface area (Å²) in [5, 5.41) is 0.784. The third-order valence-corrected chi connectivity index (χ3v) is 5.86.